The first-order valence-corrected chi connectivity index (χ1v) is 10.4. The maximum Gasteiger partial charge on any atom is 0.453 e. The van der Waals surface area contributed by atoms with Gasteiger partial charge in [-0.3, -0.25) is 0 Å². The third-order valence-electron chi connectivity index (χ3n) is 5.55. The van der Waals surface area contributed by atoms with Gasteiger partial charge in [-0.1, -0.05) is 0 Å². The first-order chi connectivity index (χ1) is 15.4. The molecule has 5 rings (SSSR count). The van der Waals surface area contributed by atoms with Crippen molar-refractivity contribution in [2.75, 3.05) is 67.2 Å². The second kappa shape index (κ2) is 8.04. The lowest BCUT2D eigenvalue weighted by Gasteiger charge is -2.36. The van der Waals surface area contributed by atoms with Crippen LogP contribution in [0.4, 0.5) is 30.8 Å². The van der Waals surface area contributed by atoms with E-state index in [1.165, 1.54) is 6.07 Å². The van der Waals surface area contributed by atoms with Crippen molar-refractivity contribution < 1.29 is 17.9 Å². The number of nitrogens with zero attached hydrogens (tertiary/aromatic N) is 9. The van der Waals surface area contributed by atoms with Crippen LogP contribution in [0.1, 0.15) is 11.5 Å². The number of piperazine rings is 1. The summed E-state index contributed by atoms with van der Waals surface area (Å²) in [6.07, 6.45) is -4.62. The van der Waals surface area contributed by atoms with Crippen molar-refractivity contribution >= 4 is 23.2 Å². The van der Waals surface area contributed by atoms with E-state index in [0.29, 0.717) is 51.2 Å². The number of hydrogen-bond acceptors (Lipinski definition) is 9. The summed E-state index contributed by atoms with van der Waals surface area (Å²) in [5, 5.41) is 10.9. The van der Waals surface area contributed by atoms with E-state index in [4.69, 9.17) is 9.72 Å². The fraction of sp³-hybridized carbons (Fsp3) is 0.526. The van der Waals surface area contributed by atoms with Gasteiger partial charge in [0.05, 0.1) is 13.2 Å². The van der Waals surface area contributed by atoms with E-state index in [0.717, 1.165) is 29.1 Å². The maximum absolute atomic E-state index is 13.2. The minimum absolute atomic E-state index is 0.0619. The lowest BCUT2D eigenvalue weighted by atomic mass is 10.3. The summed E-state index contributed by atoms with van der Waals surface area (Å²) < 4.78 is 45.6. The Morgan fingerprint density at radius 1 is 0.844 bits per heavy atom. The number of anilines is 3. The van der Waals surface area contributed by atoms with Crippen LogP contribution in [-0.2, 0) is 10.9 Å². The molecule has 0 amide bonds. The Morgan fingerprint density at radius 3 is 2.22 bits per heavy atom. The van der Waals surface area contributed by atoms with E-state index < -0.39 is 12.0 Å². The molecule has 0 N–H and O–H groups in total. The molecule has 2 aliphatic rings. The van der Waals surface area contributed by atoms with Crippen LogP contribution in [0.15, 0.2) is 18.2 Å². The highest BCUT2D eigenvalue weighted by atomic mass is 19.4. The van der Waals surface area contributed by atoms with Gasteiger partial charge in [0.1, 0.15) is 11.6 Å². The fourth-order valence-electron chi connectivity index (χ4n) is 3.89. The molecular formula is C19H22F3N9O. The molecule has 0 unspecified atom stereocenters. The van der Waals surface area contributed by atoms with Crippen LogP contribution in [0.3, 0.4) is 0 Å². The second-order valence-corrected chi connectivity index (χ2v) is 7.72. The van der Waals surface area contributed by atoms with Crippen molar-refractivity contribution in [1.29, 1.82) is 0 Å². The van der Waals surface area contributed by atoms with Gasteiger partial charge in [-0.15, -0.1) is 15.3 Å². The number of aryl methyl sites for hydroxylation is 1. The number of hydrogen-bond donors (Lipinski definition) is 0. The van der Waals surface area contributed by atoms with E-state index in [1.807, 2.05) is 17.9 Å². The Hall–Kier alpha value is -3.22. The Labute approximate surface area is 181 Å². The number of morpholine rings is 1. The monoisotopic (exact) mass is 449 g/mol. The highest BCUT2D eigenvalue weighted by Gasteiger charge is 2.38. The molecule has 0 radical (unpaired) electrons. The molecule has 0 aliphatic carbocycles. The van der Waals surface area contributed by atoms with Crippen LogP contribution in [0.2, 0.25) is 0 Å². The molecule has 0 atom stereocenters. The largest absolute Gasteiger partial charge is 0.453 e. The summed E-state index contributed by atoms with van der Waals surface area (Å²) >= 11 is 0. The molecule has 170 valence electrons. The average molecular weight is 449 g/mol. The Kier molecular flexibility index (Phi) is 5.19. The van der Waals surface area contributed by atoms with Crippen LogP contribution in [0.5, 0.6) is 0 Å². The number of fused-ring (bicyclic) bond motifs is 1. The molecule has 0 saturated carbocycles. The summed E-state index contributed by atoms with van der Waals surface area (Å²) in [6.45, 7) is 7.29. The predicted octanol–water partition coefficient (Wildman–Crippen LogP) is 1.40. The summed E-state index contributed by atoms with van der Waals surface area (Å²) in [6, 6.07) is 5.13. The number of ether oxygens (including phenoxy) is 1. The van der Waals surface area contributed by atoms with Crippen LogP contribution >= 0.6 is 0 Å². The molecule has 0 spiro atoms. The van der Waals surface area contributed by atoms with Crippen LogP contribution in [0, 0.1) is 6.92 Å². The van der Waals surface area contributed by atoms with Crippen molar-refractivity contribution in [2.24, 2.45) is 0 Å². The summed E-state index contributed by atoms with van der Waals surface area (Å²) in [5.41, 5.74) is 0.949. The molecule has 0 bridgehead atoms. The lowest BCUT2D eigenvalue weighted by molar-refractivity contribution is -0.146. The number of aromatic nitrogens is 6. The highest BCUT2D eigenvalue weighted by Crippen LogP contribution is 2.28. The van der Waals surface area contributed by atoms with E-state index in [9.17, 15) is 13.2 Å². The van der Waals surface area contributed by atoms with E-state index in [-0.39, 0.29) is 5.65 Å². The molecule has 3 aromatic rings. The van der Waals surface area contributed by atoms with Gasteiger partial charge in [0.2, 0.25) is 5.95 Å². The molecule has 5 heterocycles. The average Bonchev–Trinajstić information content (AvgIpc) is 3.23. The molecule has 2 fully saturated rings. The quantitative estimate of drug-likeness (QED) is 0.589. The number of halogens is 3. The summed E-state index contributed by atoms with van der Waals surface area (Å²) in [5.74, 6) is 0.876. The van der Waals surface area contributed by atoms with Crippen LogP contribution in [-0.4, -0.2) is 82.3 Å². The molecule has 10 nitrogen and oxygen atoms in total. The van der Waals surface area contributed by atoms with Gasteiger partial charge in [0.15, 0.2) is 5.65 Å². The van der Waals surface area contributed by atoms with Gasteiger partial charge >= 0.3 is 6.18 Å². The van der Waals surface area contributed by atoms with E-state index in [2.05, 4.69) is 30.1 Å². The SMILES string of the molecule is Cc1cc(N2CCN(c3ccc4nnc(C(F)(F)F)n4n3)CC2)nc(N2CCOCC2)n1. The van der Waals surface area contributed by atoms with Gasteiger partial charge in [-0.05, 0) is 19.1 Å². The van der Waals surface area contributed by atoms with Crippen molar-refractivity contribution in [1.82, 2.24) is 29.8 Å². The minimum atomic E-state index is -4.62. The van der Waals surface area contributed by atoms with E-state index in [1.54, 1.807) is 6.07 Å². The zero-order chi connectivity index (χ0) is 22.3. The normalized spacial score (nSPS) is 17.9. The Bertz CT molecular complexity index is 1110. The first kappa shape index (κ1) is 20.7. The summed E-state index contributed by atoms with van der Waals surface area (Å²) in [7, 11) is 0. The van der Waals surface area contributed by atoms with Crippen molar-refractivity contribution in [3.8, 4) is 0 Å². The fourth-order valence-corrected chi connectivity index (χ4v) is 3.89. The molecule has 32 heavy (non-hydrogen) atoms. The third-order valence-corrected chi connectivity index (χ3v) is 5.55. The zero-order valence-corrected chi connectivity index (χ0v) is 17.5. The number of alkyl halides is 3. The van der Waals surface area contributed by atoms with Crippen LogP contribution < -0.4 is 14.7 Å². The van der Waals surface area contributed by atoms with Crippen LogP contribution in [0.25, 0.3) is 5.65 Å². The van der Waals surface area contributed by atoms with Gasteiger partial charge in [-0.25, -0.2) is 4.98 Å². The van der Waals surface area contributed by atoms with Gasteiger partial charge in [0.25, 0.3) is 5.82 Å². The molecular weight excluding hydrogens is 427 g/mol. The van der Waals surface area contributed by atoms with Crippen molar-refractivity contribution in [3.05, 3.63) is 29.7 Å². The molecule has 2 saturated heterocycles. The van der Waals surface area contributed by atoms with Crippen molar-refractivity contribution in [2.45, 2.75) is 13.1 Å². The first-order valence-electron chi connectivity index (χ1n) is 10.4. The van der Waals surface area contributed by atoms with E-state index >= 15 is 0 Å². The second-order valence-electron chi connectivity index (χ2n) is 7.72. The zero-order valence-electron chi connectivity index (χ0n) is 17.5. The predicted molar refractivity (Wildman–Crippen MR) is 110 cm³/mol. The smallest absolute Gasteiger partial charge is 0.378 e. The summed E-state index contributed by atoms with van der Waals surface area (Å²) in [4.78, 5) is 15.6. The van der Waals surface area contributed by atoms with Crippen molar-refractivity contribution in [3.63, 3.8) is 0 Å². The number of rotatable bonds is 3. The minimum Gasteiger partial charge on any atom is -0.378 e. The molecule has 13 heteroatoms. The lowest BCUT2D eigenvalue weighted by Crippen LogP contribution is -2.47. The standard InChI is InChI=1S/C19H22F3N9O/c1-13-12-16(24-18(23-13)30-8-10-32-11-9-30)29-6-4-28(5-7-29)15-3-2-14-25-26-17(19(20,21)22)31(14)27-15/h2-3,12H,4-11H2,1H3. The molecule has 0 aromatic carbocycles. The van der Waals surface area contributed by atoms with Gasteiger partial charge < -0.3 is 19.4 Å². The maximum atomic E-state index is 13.2. The molecule has 2 aliphatic heterocycles. The highest BCUT2D eigenvalue weighted by molar-refractivity contribution is 5.50. The third kappa shape index (κ3) is 3.99. The Balaban J connectivity index is 1.32. The Morgan fingerprint density at radius 2 is 1.53 bits per heavy atom. The van der Waals surface area contributed by atoms with Gasteiger partial charge in [-0.2, -0.15) is 22.7 Å². The molecule has 3 aromatic heterocycles. The topological polar surface area (TPSA) is 87.8 Å². The van der Waals surface area contributed by atoms with Gasteiger partial charge in [0, 0.05) is 51.0 Å².